The van der Waals surface area contributed by atoms with Gasteiger partial charge < -0.3 is 4.74 Å². The molecule has 10 heavy (non-hydrogen) atoms. The van der Waals surface area contributed by atoms with Crippen molar-refractivity contribution in [2.75, 3.05) is 7.11 Å². The van der Waals surface area contributed by atoms with Crippen molar-refractivity contribution < 1.29 is 4.74 Å². The summed E-state index contributed by atoms with van der Waals surface area (Å²) in [5, 5.41) is 0. The highest BCUT2D eigenvalue weighted by Gasteiger charge is 1.92. The molecule has 0 atom stereocenters. The lowest BCUT2D eigenvalue weighted by molar-refractivity contribution is 0.414. The first-order valence-electron chi connectivity index (χ1n) is 3.14. The third-order valence-electron chi connectivity index (χ3n) is 1.48. The highest BCUT2D eigenvalue weighted by Crippen LogP contribution is 2.08. The van der Waals surface area contributed by atoms with E-state index >= 15 is 0 Å². The zero-order valence-corrected chi connectivity index (χ0v) is 6.22. The van der Waals surface area contributed by atoms with Crippen molar-refractivity contribution in [3.63, 3.8) is 0 Å². The second kappa shape index (κ2) is 2.78. The van der Waals surface area contributed by atoms with Gasteiger partial charge in [0.2, 0.25) is 0 Å². The first-order valence-corrected chi connectivity index (χ1v) is 3.14. The number of ether oxygens (including phenoxy) is 1. The van der Waals surface area contributed by atoms with E-state index in [9.17, 15) is 0 Å². The molecule has 1 aromatic rings. The predicted octanol–water partition coefficient (Wildman–Crippen LogP) is 0.797. The third-order valence-corrected chi connectivity index (χ3v) is 1.48. The fourth-order valence-electron chi connectivity index (χ4n) is 0.775. The average molecular weight is 132 g/mol. The van der Waals surface area contributed by atoms with E-state index < -0.39 is 0 Å². The van der Waals surface area contributed by atoms with Gasteiger partial charge in [0.15, 0.2) is 0 Å². The summed E-state index contributed by atoms with van der Waals surface area (Å²) in [7, 11) is 7.23. The molecular formula is C8H9BO. The number of hydrogen-bond acceptors (Lipinski definition) is 1. The molecule has 0 unspecified atom stereocenters. The fourth-order valence-corrected chi connectivity index (χ4v) is 0.775. The van der Waals surface area contributed by atoms with Gasteiger partial charge in [0, 0.05) is 0 Å². The Kier molecular flexibility index (Phi) is 2.00. The highest BCUT2D eigenvalue weighted by molar-refractivity contribution is 6.33. The van der Waals surface area contributed by atoms with E-state index in [-0.39, 0.29) is 0 Å². The second-order valence-corrected chi connectivity index (χ2v) is 2.22. The molecule has 0 aromatic heterocycles. The molecule has 0 bridgehead atoms. The van der Waals surface area contributed by atoms with Gasteiger partial charge in [0.05, 0.1) is 7.11 Å². The van der Waals surface area contributed by atoms with Gasteiger partial charge in [-0.2, -0.15) is 0 Å². The Labute approximate surface area is 62.4 Å². The summed E-state index contributed by atoms with van der Waals surface area (Å²) < 4.78 is 4.99. The standard InChI is InChI=1S/C8H9BO/c1-6-5-7(10-2)3-4-8(6)9/h3-5H,1-2H3. The van der Waals surface area contributed by atoms with E-state index in [1.54, 1.807) is 7.11 Å². The fraction of sp³-hybridized carbons (Fsp3) is 0.250. The van der Waals surface area contributed by atoms with Crippen molar-refractivity contribution in [2.24, 2.45) is 0 Å². The van der Waals surface area contributed by atoms with Crippen LogP contribution >= 0.6 is 0 Å². The van der Waals surface area contributed by atoms with Gasteiger partial charge in [0.1, 0.15) is 13.6 Å². The van der Waals surface area contributed by atoms with Gasteiger partial charge in [-0.25, -0.2) is 0 Å². The van der Waals surface area contributed by atoms with Crippen LogP contribution in [0.3, 0.4) is 0 Å². The zero-order chi connectivity index (χ0) is 7.56. The van der Waals surface area contributed by atoms with Crippen molar-refractivity contribution in [1.82, 2.24) is 0 Å². The smallest absolute Gasteiger partial charge is 0.119 e. The highest BCUT2D eigenvalue weighted by atomic mass is 16.5. The normalized spacial score (nSPS) is 9.40. The molecule has 0 aliphatic rings. The van der Waals surface area contributed by atoms with Gasteiger partial charge >= 0.3 is 0 Å². The van der Waals surface area contributed by atoms with Crippen LogP contribution in [0.5, 0.6) is 5.75 Å². The number of aryl methyl sites for hydroxylation is 1. The number of rotatable bonds is 1. The third kappa shape index (κ3) is 1.32. The minimum Gasteiger partial charge on any atom is -0.497 e. The van der Waals surface area contributed by atoms with E-state index in [1.165, 1.54) is 0 Å². The average Bonchev–Trinajstić information content (AvgIpc) is 1.95. The minimum atomic E-state index is 0.806. The van der Waals surface area contributed by atoms with Crippen molar-refractivity contribution in [3.8, 4) is 5.75 Å². The predicted molar refractivity (Wildman–Crippen MR) is 43.1 cm³/mol. The SMILES string of the molecule is [B]c1ccc(OC)cc1C. The molecule has 1 rings (SSSR count). The zero-order valence-electron chi connectivity index (χ0n) is 6.22. The lowest BCUT2D eigenvalue weighted by Crippen LogP contribution is -2.05. The van der Waals surface area contributed by atoms with Crippen LogP contribution in [-0.2, 0) is 0 Å². The monoisotopic (exact) mass is 132 g/mol. The summed E-state index contributed by atoms with van der Waals surface area (Å²) in [6.45, 7) is 1.96. The minimum absolute atomic E-state index is 0.806. The Balaban J connectivity index is 3.04. The first-order chi connectivity index (χ1) is 4.74. The summed E-state index contributed by atoms with van der Waals surface area (Å²) in [4.78, 5) is 0. The molecular weight excluding hydrogens is 123 g/mol. The topological polar surface area (TPSA) is 9.23 Å². The Bertz CT molecular complexity index is 233. The maximum Gasteiger partial charge on any atom is 0.119 e. The van der Waals surface area contributed by atoms with Crippen LogP contribution in [0.2, 0.25) is 0 Å². The van der Waals surface area contributed by atoms with Crippen LogP contribution in [0.1, 0.15) is 5.56 Å². The largest absolute Gasteiger partial charge is 0.497 e. The molecule has 0 saturated carbocycles. The summed E-state index contributed by atoms with van der Waals surface area (Å²) in [6, 6.07) is 5.60. The second-order valence-electron chi connectivity index (χ2n) is 2.22. The number of hydrogen-bond donors (Lipinski definition) is 0. The van der Waals surface area contributed by atoms with E-state index in [2.05, 4.69) is 0 Å². The van der Waals surface area contributed by atoms with Crippen molar-refractivity contribution in [3.05, 3.63) is 23.8 Å². The lowest BCUT2D eigenvalue weighted by Gasteiger charge is -2.02. The van der Waals surface area contributed by atoms with E-state index in [4.69, 9.17) is 12.6 Å². The van der Waals surface area contributed by atoms with Gasteiger partial charge in [0.25, 0.3) is 0 Å². The number of methoxy groups -OCH3 is 1. The molecule has 0 aliphatic carbocycles. The van der Waals surface area contributed by atoms with Crippen LogP contribution in [0.15, 0.2) is 18.2 Å². The molecule has 0 saturated heterocycles. The quantitative estimate of drug-likeness (QED) is 0.513. The molecule has 0 heterocycles. The molecule has 0 amide bonds. The summed E-state index contributed by atoms with van der Waals surface area (Å²) in [5.41, 5.74) is 1.86. The summed E-state index contributed by atoms with van der Waals surface area (Å²) >= 11 is 0. The van der Waals surface area contributed by atoms with Gasteiger partial charge in [-0.3, -0.25) is 0 Å². The van der Waals surface area contributed by atoms with E-state index in [0.29, 0.717) is 0 Å². The summed E-state index contributed by atoms with van der Waals surface area (Å²) in [5.74, 6) is 0.853. The maximum atomic E-state index is 5.59. The van der Waals surface area contributed by atoms with Gasteiger partial charge in [-0.1, -0.05) is 17.1 Å². The van der Waals surface area contributed by atoms with Crippen LogP contribution in [0, 0.1) is 6.92 Å². The van der Waals surface area contributed by atoms with Gasteiger partial charge in [-0.05, 0) is 19.1 Å². The lowest BCUT2D eigenvalue weighted by atomic mass is 9.91. The first kappa shape index (κ1) is 7.20. The molecule has 0 N–H and O–H groups in total. The van der Waals surface area contributed by atoms with Crippen LogP contribution in [-0.4, -0.2) is 15.0 Å². The molecule has 2 radical (unpaired) electrons. The van der Waals surface area contributed by atoms with Crippen molar-refractivity contribution in [1.29, 1.82) is 0 Å². The Morgan fingerprint density at radius 1 is 1.40 bits per heavy atom. The number of benzene rings is 1. The van der Waals surface area contributed by atoms with Crippen LogP contribution in [0.4, 0.5) is 0 Å². The van der Waals surface area contributed by atoms with Crippen molar-refractivity contribution in [2.45, 2.75) is 6.92 Å². The Hall–Kier alpha value is -0.915. The molecule has 0 aliphatic heterocycles. The molecule has 0 fully saturated rings. The summed E-state index contributed by atoms with van der Waals surface area (Å²) in [6.07, 6.45) is 0. The van der Waals surface area contributed by atoms with Gasteiger partial charge in [-0.15, -0.1) is 0 Å². The molecule has 50 valence electrons. The van der Waals surface area contributed by atoms with Crippen molar-refractivity contribution >= 4 is 13.3 Å². The molecule has 1 aromatic carbocycles. The Morgan fingerprint density at radius 2 is 2.10 bits per heavy atom. The van der Waals surface area contributed by atoms with E-state index in [0.717, 1.165) is 16.8 Å². The van der Waals surface area contributed by atoms with Crippen LogP contribution in [0.25, 0.3) is 0 Å². The molecule has 1 nitrogen and oxygen atoms in total. The van der Waals surface area contributed by atoms with E-state index in [1.807, 2.05) is 25.1 Å². The maximum absolute atomic E-state index is 5.59. The molecule has 2 heteroatoms. The van der Waals surface area contributed by atoms with Crippen LogP contribution < -0.4 is 10.2 Å². The Morgan fingerprint density at radius 3 is 2.60 bits per heavy atom. The molecule has 0 spiro atoms.